The summed E-state index contributed by atoms with van der Waals surface area (Å²) in [5, 5.41) is -0.793. The van der Waals surface area contributed by atoms with Gasteiger partial charge < -0.3 is 0 Å². The van der Waals surface area contributed by atoms with E-state index in [0.717, 1.165) is 12.1 Å². The van der Waals surface area contributed by atoms with Crippen molar-refractivity contribution in [1.29, 1.82) is 0 Å². The molecule has 0 aromatic heterocycles. The van der Waals surface area contributed by atoms with Crippen molar-refractivity contribution in [2.75, 3.05) is 0 Å². The Bertz CT molecular complexity index is 533. The molecule has 0 aliphatic rings. The lowest BCUT2D eigenvalue weighted by Crippen LogP contribution is -1.96. The van der Waals surface area contributed by atoms with Gasteiger partial charge in [-0.2, -0.15) is 0 Å². The van der Waals surface area contributed by atoms with E-state index in [-0.39, 0.29) is 5.02 Å². The van der Waals surface area contributed by atoms with E-state index in [1.54, 1.807) is 0 Å². The maximum absolute atomic E-state index is 13.1. The second kappa shape index (κ2) is 5.21. The summed E-state index contributed by atoms with van der Waals surface area (Å²) < 4.78 is 38.9. The van der Waals surface area contributed by atoms with Crippen molar-refractivity contribution < 1.29 is 13.2 Å². The summed E-state index contributed by atoms with van der Waals surface area (Å²) in [5.74, 6) is -2.49. The predicted octanol–water partition coefficient (Wildman–Crippen LogP) is 5.09. The second-order valence-electron chi connectivity index (χ2n) is 3.71. The van der Waals surface area contributed by atoms with E-state index in [4.69, 9.17) is 23.2 Å². The van der Waals surface area contributed by atoms with Crippen LogP contribution in [0.4, 0.5) is 13.2 Å². The Morgan fingerprint density at radius 1 is 0.778 bits per heavy atom. The fourth-order valence-electron chi connectivity index (χ4n) is 1.53. The van der Waals surface area contributed by atoms with Crippen LogP contribution < -0.4 is 0 Å². The summed E-state index contributed by atoms with van der Waals surface area (Å²) in [6, 6.07) is 7.34. The van der Waals surface area contributed by atoms with Crippen LogP contribution in [0.15, 0.2) is 36.4 Å². The first-order chi connectivity index (χ1) is 8.49. The third kappa shape index (κ3) is 2.62. The largest absolute Gasteiger partial charge is 0.205 e. The number of halogens is 5. The van der Waals surface area contributed by atoms with Crippen LogP contribution in [-0.2, 0) is 0 Å². The molecule has 94 valence electrons. The molecule has 1 atom stereocenters. The van der Waals surface area contributed by atoms with Crippen LogP contribution in [0.5, 0.6) is 0 Å². The van der Waals surface area contributed by atoms with E-state index in [2.05, 4.69) is 0 Å². The Balaban J connectivity index is 2.37. The first-order valence-electron chi connectivity index (χ1n) is 5.03. The molecule has 2 aromatic carbocycles. The van der Waals surface area contributed by atoms with Gasteiger partial charge in [0.1, 0.15) is 5.82 Å². The Labute approximate surface area is 112 Å². The Morgan fingerprint density at radius 2 is 1.33 bits per heavy atom. The SMILES string of the molecule is Fc1ccc(C(Cl)c2ccc(F)c(Cl)c2)cc1F. The van der Waals surface area contributed by atoms with Gasteiger partial charge in [-0.15, -0.1) is 11.6 Å². The molecular formula is C13H7Cl2F3. The van der Waals surface area contributed by atoms with Crippen LogP contribution in [0.25, 0.3) is 0 Å². The zero-order chi connectivity index (χ0) is 13.3. The molecule has 2 aromatic rings. The molecule has 0 fully saturated rings. The van der Waals surface area contributed by atoms with Gasteiger partial charge in [-0.25, -0.2) is 13.2 Å². The Morgan fingerprint density at radius 3 is 1.89 bits per heavy atom. The average molecular weight is 291 g/mol. The lowest BCUT2D eigenvalue weighted by atomic mass is 10.0. The smallest absolute Gasteiger partial charge is 0.159 e. The maximum atomic E-state index is 13.1. The van der Waals surface area contributed by atoms with Gasteiger partial charge in [-0.05, 0) is 35.4 Å². The van der Waals surface area contributed by atoms with Gasteiger partial charge >= 0.3 is 0 Å². The second-order valence-corrected chi connectivity index (χ2v) is 4.55. The molecule has 5 heteroatoms. The van der Waals surface area contributed by atoms with Gasteiger partial charge in [0, 0.05) is 0 Å². The normalized spacial score (nSPS) is 12.5. The summed E-state index contributed by atoms with van der Waals surface area (Å²) >= 11 is 11.7. The number of hydrogen-bond acceptors (Lipinski definition) is 0. The molecular weight excluding hydrogens is 284 g/mol. The zero-order valence-corrected chi connectivity index (χ0v) is 10.4. The fourth-order valence-corrected chi connectivity index (χ4v) is 1.99. The van der Waals surface area contributed by atoms with E-state index in [0.29, 0.717) is 11.1 Å². The summed E-state index contributed by atoms with van der Waals surface area (Å²) in [4.78, 5) is 0. The topological polar surface area (TPSA) is 0 Å². The summed E-state index contributed by atoms with van der Waals surface area (Å²) in [6.07, 6.45) is 0. The third-order valence-electron chi connectivity index (χ3n) is 2.47. The maximum Gasteiger partial charge on any atom is 0.159 e. The highest BCUT2D eigenvalue weighted by atomic mass is 35.5. The molecule has 0 nitrogen and oxygen atoms in total. The molecule has 0 radical (unpaired) electrons. The molecule has 2 rings (SSSR count). The van der Waals surface area contributed by atoms with Crippen molar-refractivity contribution in [2.24, 2.45) is 0 Å². The highest BCUT2D eigenvalue weighted by Crippen LogP contribution is 2.31. The molecule has 18 heavy (non-hydrogen) atoms. The van der Waals surface area contributed by atoms with Crippen molar-refractivity contribution in [3.63, 3.8) is 0 Å². The van der Waals surface area contributed by atoms with Crippen molar-refractivity contribution >= 4 is 23.2 Å². The third-order valence-corrected chi connectivity index (χ3v) is 3.27. The highest BCUT2D eigenvalue weighted by Gasteiger charge is 2.14. The summed E-state index contributed by atoms with van der Waals surface area (Å²) in [6.45, 7) is 0. The minimum atomic E-state index is -0.980. The number of benzene rings is 2. The molecule has 0 aliphatic heterocycles. The van der Waals surface area contributed by atoms with Crippen LogP contribution in [-0.4, -0.2) is 0 Å². The van der Waals surface area contributed by atoms with Gasteiger partial charge in [0.05, 0.1) is 10.4 Å². The molecule has 0 bridgehead atoms. The van der Waals surface area contributed by atoms with Crippen LogP contribution in [0, 0.1) is 17.5 Å². The van der Waals surface area contributed by atoms with Gasteiger partial charge in [-0.3, -0.25) is 0 Å². The fraction of sp³-hybridized carbons (Fsp3) is 0.0769. The number of rotatable bonds is 2. The first-order valence-corrected chi connectivity index (χ1v) is 5.84. The quantitative estimate of drug-likeness (QED) is 0.676. The minimum Gasteiger partial charge on any atom is -0.205 e. The summed E-state index contributed by atoms with van der Waals surface area (Å²) in [5.41, 5.74) is 0.882. The predicted molar refractivity (Wildman–Crippen MR) is 65.5 cm³/mol. The van der Waals surface area contributed by atoms with E-state index in [1.165, 1.54) is 24.3 Å². The van der Waals surface area contributed by atoms with Gasteiger partial charge in [0.25, 0.3) is 0 Å². The molecule has 0 saturated heterocycles. The van der Waals surface area contributed by atoms with Crippen molar-refractivity contribution in [1.82, 2.24) is 0 Å². The molecule has 0 aliphatic carbocycles. The van der Waals surface area contributed by atoms with Gasteiger partial charge in [-0.1, -0.05) is 23.7 Å². The van der Waals surface area contributed by atoms with Crippen LogP contribution in [0.3, 0.4) is 0 Å². The first kappa shape index (κ1) is 13.2. The average Bonchev–Trinajstić information content (AvgIpc) is 2.35. The van der Waals surface area contributed by atoms with Gasteiger partial charge in [0.2, 0.25) is 0 Å². The van der Waals surface area contributed by atoms with E-state index >= 15 is 0 Å². The lowest BCUT2D eigenvalue weighted by molar-refractivity contribution is 0.507. The van der Waals surface area contributed by atoms with Crippen molar-refractivity contribution in [3.05, 3.63) is 70.0 Å². The standard InChI is InChI=1S/C13H7Cl2F3/c14-9-5-7(1-3-10(9)16)13(15)8-2-4-11(17)12(18)6-8/h1-6,13H. The lowest BCUT2D eigenvalue weighted by Gasteiger charge is -2.11. The highest BCUT2D eigenvalue weighted by molar-refractivity contribution is 6.31. The Hall–Kier alpha value is -1.19. The van der Waals surface area contributed by atoms with Crippen molar-refractivity contribution in [3.8, 4) is 0 Å². The van der Waals surface area contributed by atoms with E-state index < -0.39 is 22.8 Å². The van der Waals surface area contributed by atoms with Gasteiger partial charge in [0.15, 0.2) is 11.6 Å². The summed E-state index contributed by atoms with van der Waals surface area (Å²) in [7, 11) is 0. The van der Waals surface area contributed by atoms with Crippen molar-refractivity contribution in [2.45, 2.75) is 5.38 Å². The van der Waals surface area contributed by atoms with Crippen LogP contribution >= 0.6 is 23.2 Å². The Kier molecular flexibility index (Phi) is 3.83. The van der Waals surface area contributed by atoms with E-state index in [1.807, 2.05) is 0 Å². The number of alkyl halides is 1. The van der Waals surface area contributed by atoms with E-state index in [9.17, 15) is 13.2 Å². The zero-order valence-electron chi connectivity index (χ0n) is 8.93. The molecule has 0 spiro atoms. The minimum absolute atomic E-state index is 0.0688. The molecule has 0 heterocycles. The van der Waals surface area contributed by atoms with Crippen LogP contribution in [0.1, 0.15) is 16.5 Å². The molecule has 0 saturated carbocycles. The molecule has 0 N–H and O–H groups in total. The molecule has 1 unspecified atom stereocenters. The molecule has 0 amide bonds. The van der Waals surface area contributed by atoms with Crippen LogP contribution in [0.2, 0.25) is 5.02 Å². The monoisotopic (exact) mass is 290 g/mol. The number of hydrogen-bond donors (Lipinski definition) is 0.